The fraction of sp³-hybridized carbons (Fsp3) is 0.333. The number of halogens is 1. The summed E-state index contributed by atoms with van der Waals surface area (Å²) < 4.78 is 26.9. The van der Waals surface area contributed by atoms with Crippen molar-refractivity contribution < 1.29 is 13.2 Å². The zero-order valence-corrected chi connectivity index (χ0v) is 9.52. The van der Waals surface area contributed by atoms with E-state index in [1.165, 1.54) is 7.11 Å². The molecule has 0 saturated heterocycles. The van der Waals surface area contributed by atoms with Crippen LogP contribution in [0.4, 0.5) is 0 Å². The minimum absolute atomic E-state index is 0.204. The second-order valence-electron chi connectivity index (χ2n) is 2.94. The van der Waals surface area contributed by atoms with Gasteiger partial charge in [-0.1, -0.05) is 12.1 Å². The molecule has 0 bridgehead atoms. The molecule has 0 fully saturated rings. The summed E-state index contributed by atoms with van der Waals surface area (Å²) in [5, 5.41) is 0. The van der Waals surface area contributed by atoms with Crippen molar-refractivity contribution in [3.05, 3.63) is 29.3 Å². The van der Waals surface area contributed by atoms with E-state index in [4.69, 9.17) is 15.4 Å². The molecule has 0 heterocycles. The van der Waals surface area contributed by atoms with Crippen LogP contribution < -0.4 is 4.74 Å². The molecule has 0 aliphatic heterocycles. The van der Waals surface area contributed by atoms with E-state index in [1.54, 1.807) is 12.1 Å². The number of hydrogen-bond acceptors (Lipinski definition) is 3. The molecule has 0 saturated carbocycles. The van der Waals surface area contributed by atoms with E-state index in [2.05, 4.69) is 0 Å². The van der Waals surface area contributed by atoms with Gasteiger partial charge in [0.25, 0.3) is 0 Å². The molecule has 5 heteroatoms. The molecule has 0 N–H and O–H groups in total. The number of ether oxygens (including phenoxy) is 1. The van der Waals surface area contributed by atoms with Gasteiger partial charge < -0.3 is 4.74 Å². The van der Waals surface area contributed by atoms with Gasteiger partial charge in [-0.25, -0.2) is 8.42 Å². The van der Waals surface area contributed by atoms with E-state index in [1.807, 2.05) is 13.0 Å². The van der Waals surface area contributed by atoms with Crippen molar-refractivity contribution in [2.45, 2.75) is 12.7 Å². The number of aryl methyl sites for hydroxylation is 1. The molecule has 0 radical (unpaired) electrons. The number of methoxy groups -OCH3 is 1. The highest BCUT2D eigenvalue weighted by molar-refractivity contribution is 8.13. The van der Waals surface area contributed by atoms with Crippen LogP contribution in [0.3, 0.4) is 0 Å². The minimum atomic E-state index is -3.54. The van der Waals surface area contributed by atoms with Gasteiger partial charge in [-0.15, -0.1) is 0 Å². The highest BCUT2D eigenvalue weighted by atomic mass is 35.7. The highest BCUT2D eigenvalue weighted by Crippen LogP contribution is 2.24. The minimum Gasteiger partial charge on any atom is -0.496 e. The fourth-order valence-electron chi connectivity index (χ4n) is 1.22. The quantitative estimate of drug-likeness (QED) is 0.752. The van der Waals surface area contributed by atoms with Crippen molar-refractivity contribution in [3.63, 3.8) is 0 Å². The Morgan fingerprint density at radius 1 is 1.43 bits per heavy atom. The van der Waals surface area contributed by atoms with Crippen molar-refractivity contribution in [2.24, 2.45) is 0 Å². The molecule has 0 spiro atoms. The van der Waals surface area contributed by atoms with Crippen molar-refractivity contribution in [3.8, 4) is 5.75 Å². The second-order valence-corrected chi connectivity index (χ2v) is 5.72. The summed E-state index contributed by atoms with van der Waals surface area (Å²) in [7, 11) is 3.14. The molecule has 0 atom stereocenters. The Balaban J connectivity index is 3.18. The Bertz CT molecular complexity index is 426. The van der Waals surface area contributed by atoms with E-state index >= 15 is 0 Å². The van der Waals surface area contributed by atoms with Crippen LogP contribution in [-0.4, -0.2) is 15.5 Å². The fourth-order valence-corrected chi connectivity index (χ4v) is 2.27. The summed E-state index contributed by atoms with van der Waals surface area (Å²) in [5.41, 5.74) is 1.47. The van der Waals surface area contributed by atoms with Gasteiger partial charge >= 0.3 is 0 Å². The van der Waals surface area contributed by atoms with E-state index in [9.17, 15) is 8.42 Å². The highest BCUT2D eigenvalue weighted by Gasteiger charge is 2.13. The Labute approximate surface area is 88.1 Å². The molecule has 0 aromatic heterocycles. The van der Waals surface area contributed by atoms with Crippen LogP contribution in [0.2, 0.25) is 0 Å². The second kappa shape index (κ2) is 4.19. The molecule has 14 heavy (non-hydrogen) atoms. The largest absolute Gasteiger partial charge is 0.496 e. The molecular formula is C9H11ClO3S. The predicted molar refractivity (Wildman–Crippen MR) is 56.2 cm³/mol. The van der Waals surface area contributed by atoms with Crippen LogP contribution in [-0.2, 0) is 14.8 Å². The average Bonchev–Trinajstić information content (AvgIpc) is 2.06. The molecule has 0 amide bonds. The van der Waals surface area contributed by atoms with Gasteiger partial charge in [0.1, 0.15) is 5.75 Å². The first kappa shape index (κ1) is 11.3. The van der Waals surface area contributed by atoms with Gasteiger partial charge in [0, 0.05) is 16.2 Å². The predicted octanol–water partition coefficient (Wildman–Crippen LogP) is 2.07. The van der Waals surface area contributed by atoms with Crippen LogP contribution in [0.1, 0.15) is 11.1 Å². The van der Waals surface area contributed by atoms with Crippen LogP contribution in [0.15, 0.2) is 18.2 Å². The van der Waals surface area contributed by atoms with Crippen molar-refractivity contribution >= 4 is 19.7 Å². The average molecular weight is 235 g/mol. The van der Waals surface area contributed by atoms with E-state index < -0.39 is 9.05 Å². The van der Waals surface area contributed by atoms with Gasteiger partial charge in [0.15, 0.2) is 0 Å². The third-order valence-corrected chi connectivity index (χ3v) is 2.86. The van der Waals surface area contributed by atoms with Gasteiger partial charge in [0.05, 0.1) is 12.9 Å². The maximum atomic E-state index is 10.9. The lowest BCUT2D eigenvalue weighted by Crippen LogP contribution is -2.00. The number of rotatable bonds is 3. The standard InChI is InChI=1S/C9H11ClO3S/c1-7-4-3-5-9(13-2)8(7)6-14(10,11)12/h3-5H,6H2,1-2H3. The van der Waals surface area contributed by atoms with Crippen LogP contribution in [0.5, 0.6) is 5.75 Å². The Kier molecular flexibility index (Phi) is 3.39. The smallest absolute Gasteiger partial charge is 0.236 e. The zero-order valence-electron chi connectivity index (χ0n) is 7.95. The normalized spacial score (nSPS) is 11.4. The maximum Gasteiger partial charge on any atom is 0.236 e. The van der Waals surface area contributed by atoms with Crippen molar-refractivity contribution in [2.75, 3.05) is 7.11 Å². The summed E-state index contributed by atoms with van der Waals surface area (Å²) in [6.45, 7) is 1.82. The Morgan fingerprint density at radius 3 is 2.57 bits per heavy atom. The molecule has 3 nitrogen and oxygen atoms in total. The first-order valence-corrected chi connectivity index (χ1v) is 6.46. The Morgan fingerprint density at radius 2 is 2.07 bits per heavy atom. The van der Waals surface area contributed by atoms with E-state index in [0.717, 1.165) is 5.56 Å². The molecular weight excluding hydrogens is 224 g/mol. The number of benzene rings is 1. The maximum absolute atomic E-state index is 10.9. The van der Waals surface area contributed by atoms with Crippen LogP contribution >= 0.6 is 10.7 Å². The topological polar surface area (TPSA) is 43.4 Å². The lowest BCUT2D eigenvalue weighted by atomic mass is 10.1. The third-order valence-electron chi connectivity index (χ3n) is 1.90. The van der Waals surface area contributed by atoms with Crippen molar-refractivity contribution in [1.29, 1.82) is 0 Å². The lowest BCUT2D eigenvalue weighted by molar-refractivity contribution is 0.410. The van der Waals surface area contributed by atoms with Gasteiger partial charge in [-0.3, -0.25) is 0 Å². The first-order chi connectivity index (χ1) is 6.44. The summed E-state index contributed by atoms with van der Waals surface area (Å²) in [4.78, 5) is 0. The molecule has 0 aliphatic carbocycles. The van der Waals surface area contributed by atoms with Crippen LogP contribution in [0.25, 0.3) is 0 Å². The van der Waals surface area contributed by atoms with Gasteiger partial charge in [-0.05, 0) is 18.6 Å². The molecule has 0 unspecified atom stereocenters. The third kappa shape index (κ3) is 2.89. The van der Waals surface area contributed by atoms with E-state index in [-0.39, 0.29) is 5.75 Å². The van der Waals surface area contributed by atoms with Gasteiger partial charge in [0.2, 0.25) is 9.05 Å². The summed E-state index contributed by atoms with van der Waals surface area (Å²) in [6, 6.07) is 5.34. The SMILES string of the molecule is COc1cccc(C)c1CS(=O)(=O)Cl. The van der Waals surface area contributed by atoms with Crippen LogP contribution in [0, 0.1) is 6.92 Å². The number of hydrogen-bond donors (Lipinski definition) is 0. The molecule has 1 aromatic carbocycles. The monoisotopic (exact) mass is 234 g/mol. The van der Waals surface area contributed by atoms with Crippen molar-refractivity contribution in [1.82, 2.24) is 0 Å². The first-order valence-electron chi connectivity index (χ1n) is 3.99. The Hall–Kier alpha value is -0.740. The lowest BCUT2D eigenvalue weighted by Gasteiger charge is -2.09. The molecule has 0 aliphatic rings. The summed E-state index contributed by atoms with van der Waals surface area (Å²) in [6.07, 6.45) is 0. The van der Waals surface area contributed by atoms with Gasteiger partial charge in [-0.2, -0.15) is 0 Å². The zero-order chi connectivity index (χ0) is 10.8. The summed E-state index contributed by atoms with van der Waals surface area (Å²) in [5.74, 6) is 0.346. The summed E-state index contributed by atoms with van der Waals surface area (Å²) >= 11 is 0. The van der Waals surface area contributed by atoms with E-state index in [0.29, 0.717) is 11.3 Å². The molecule has 1 rings (SSSR count). The molecule has 78 valence electrons. The molecule has 1 aromatic rings.